The second-order valence-electron chi connectivity index (χ2n) is 6.63. The Balaban J connectivity index is 2.27. The molecule has 0 saturated carbocycles. The summed E-state index contributed by atoms with van der Waals surface area (Å²) in [6.45, 7) is 3.77. The average Bonchev–Trinajstić information content (AvgIpc) is 2.65. The topological polar surface area (TPSA) is 84.9 Å². The fourth-order valence-electron chi connectivity index (χ4n) is 2.66. The van der Waals surface area contributed by atoms with Crippen LogP contribution >= 0.6 is 0 Å². The number of anilines is 2. The van der Waals surface area contributed by atoms with Crippen molar-refractivity contribution in [3.63, 3.8) is 0 Å². The zero-order chi connectivity index (χ0) is 20.9. The molecule has 8 heteroatoms. The van der Waals surface area contributed by atoms with Gasteiger partial charge in [-0.3, -0.25) is 9.10 Å². The van der Waals surface area contributed by atoms with Gasteiger partial charge in [-0.15, -0.1) is 0 Å². The van der Waals surface area contributed by atoms with Crippen LogP contribution in [0.3, 0.4) is 0 Å². The van der Waals surface area contributed by atoms with Crippen molar-refractivity contribution in [3.05, 3.63) is 48.0 Å². The van der Waals surface area contributed by atoms with Crippen LogP contribution in [-0.4, -0.2) is 41.3 Å². The summed E-state index contributed by atoms with van der Waals surface area (Å²) < 4.78 is 36.1. The highest BCUT2D eigenvalue weighted by molar-refractivity contribution is 7.92. The predicted octanol–water partition coefficient (Wildman–Crippen LogP) is 3.23. The molecule has 0 saturated heterocycles. The lowest BCUT2D eigenvalue weighted by atomic mass is 10.0. The van der Waals surface area contributed by atoms with Crippen molar-refractivity contribution in [2.24, 2.45) is 0 Å². The van der Waals surface area contributed by atoms with E-state index in [1.807, 2.05) is 12.1 Å². The van der Waals surface area contributed by atoms with Crippen LogP contribution in [0.1, 0.15) is 25.3 Å². The third kappa shape index (κ3) is 5.39. The van der Waals surface area contributed by atoms with E-state index < -0.39 is 22.5 Å². The lowest BCUT2D eigenvalue weighted by molar-refractivity contribution is -0.114. The lowest BCUT2D eigenvalue weighted by Crippen LogP contribution is -2.37. The van der Waals surface area contributed by atoms with Crippen LogP contribution in [0.4, 0.5) is 11.4 Å². The van der Waals surface area contributed by atoms with Crippen LogP contribution in [0.5, 0.6) is 11.5 Å². The fraction of sp³-hybridized carbons (Fsp3) is 0.350. The quantitative estimate of drug-likeness (QED) is 0.727. The third-order valence-corrected chi connectivity index (χ3v) is 5.33. The Labute approximate surface area is 166 Å². The molecule has 0 radical (unpaired) electrons. The molecule has 152 valence electrons. The first-order chi connectivity index (χ1) is 13.2. The first-order valence-electron chi connectivity index (χ1n) is 8.75. The van der Waals surface area contributed by atoms with E-state index in [0.29, 0.717) is 23.1 Å². The Morgan fingerprint density at radius 1 is 1.07 bits per heavy atom. The van der Waals surface area contributed by atoms with Gasteiger partial charge in [-0.25, -0.2) is 8.42 Å². The zero-order valence-electron chi connectivity index (χ0n) is 16.7. The van der Waals surface area contributed by atoms with E-state index >= 15 is 0 Å². The molecule has 2 aromatic carbocycles. The number of amides is 1. The van der Waals surface area contributed by atoms with Crippen LogP contribution in [0, 0.1) is 0 Å². The maximum absolute atomic E-state index is 12.5. The van der Waals surface area contributed by atoms with Gasteiger partial charge in [-0.05, 0) is 35.7 Å². The normalized spacial score (nSPS) is 11.2. The van der Waals surface area contributed by atoms with Crippen LogP contribution in [0.25, 0.3) is 0 Å². The molecule has 28 heavy (non-hydrogen) atoms. The molecule has 0 aliphatic carbocycles. The number of nitrogens with one attached hydrogen (secondary N) is 1. The van der Waals surface area contributed by atoms with Gasteiger partial charge in [-0.1, -0.05) is 26.0 Å². The molecule has 0 aliphatic heterocycles. The van der Waals surface area contributed by atoms with Crippen molar-refractivity contribution in [3.8, 4) is 11.5 Å². The molecule has 1 amide bonds. The highest BCUT2D eigenvalue weighted by Crippen LogP contribution is 2.33. The Bertz CT molecular complexity index is 924. The van der Waals surface area contributed by atoms with Crippen molar-refractivity contribution >= 4 is 27.3 Å². The van der Waals surface area contributed by atoms with Crippen LogP contribution in [0.2, 0.25) is 0 Å². The largest absolute Gasteiger partial charge is 0.497 e. The lowest BCUT2D eigenvalue weighted by Gasteiger charge is -2.24. The molecule has 2 aromatic rings. The molecule has 0 spiro atoms. The number of carbonyl (C=O) groups is 1. The minimum Gasteiger partial charge on any atom is -0.497 e. The summed E-state index contributed by atoms with van der Waals surface area (Å²) in [4.78, 5) is 12.5. The number of ether oxygens (including phenoxy) is 2. The molecule has 2 rings (SSSR count). The minimum absolute atomic E-state index is 0.231. The Kier molecular flexibility index (Phi) is 6.90. The molecule has 0 unspecified atom stereocenters. The molecule has 0 bridgehead atoms. The summed E-state index contributed by atoms with van der Waals surface area (Å²) in [7, 11) is -0.835. The summed E-state index contributed by atoms with van der Waals surface area (Å²) in [5, 5.41) is 2.73. The van der Waals surface area contributed by atoms with E-state index in [9.17, 15) is 13.2 Å². The van der Waals surface area contributed by atoms with E-state index in [2.05, 4.69) is 19.2 Å². The van der Waals surface area contributed by atoms with E-state index in [4.69, 9.17) is 9.47 Å². The number of hydrogen-bond donors (Lipinski definition) is 1. The molecular formula is C20H26N2O5S. The Hall–Kier alpha value is -2.74. The number of nitrogens with zero attached hydrogens (tertiary/aromatic N) is 1. The highest BCUT2D eigenvalue weighted by Gasteiger charge is 2.24. The average molecular weight is 407 g/mol. The summed E-state index contributed by atoms with van der Waals surface area (Å²) >= 11 is 0. The minimum atomic E-state index is -3.74. The predicted molar refractivity (Wildman–Crippen MR) is 111 cm³/mol. The first-order valence-corrected chi connectivity index (χ1v) is 10.6. The number of sulfonamides is 1. The molecular weight excluding hydrogens is 380 g/mol. The smallest absolute Gasteiger partial charge is 0.245 e. The van der Waals surface area contributed by atoms with Gasteiger partial charge in [-0.2, -0.15) is 0 Å². The third-order valence-electron chi connectivity index (χ3n) is 4.20. The molecule has 0 heterocycles. The SMILES string of the molecule is COc1ccc(OC)c(N(CC(=O)Nc2ccc(C(C)C)cc2)S(C)(=O)=O)c1. The van der Waals surface area contributed by atoms with Crippen LogP contribution < -0.4 is 19.1 Å². The number of carbonyl (C=O) groups excluding carboxylic acids is 1. The summed E-state index contributed by atoms with van der Waals surface area (Å²) in [6.07, 6.45) is 1.04. The summed E-state index contributed by atoms with van der Waals surface area (Å²) in [5.41, 5.74) is 1.98. The fourth-order valence-corrected chi connectivity index (χ4v) is 3.51. The van der Waals surface area contributed by atoms with Gasteiger partial charge in [0.15, 0.2) is 0 Å². The van der Waals surface area contributed by atoms with Crippen LogP contribution in [0.15, 0.2) is 42.5 Å². The van der Waals surface area contributed by atoms with Gasteiger partial charge in [0, 0.05) is 11.8 Å². The van der Waals surface area contributed by atoms with Gasteiger partial charge >= 0.3 is 0 Å². The van der Waals surface area contributed by atoms with E-state index in [1.165, 1.54) is 20.3 Å². The van der Waals surface area contributed by atoms with Gasteiger partial charge in [0.05, 0.1) is 26.2 Å². The van der Waals surface area contributed by atoms with Gasteiger partial charge < -0.3 is 14.8 Å². The number of rotatable bonds is 8. The number of benzene rings is 2. The number of hydrogen-bond acceptors (Lipinski definition) is 5. The van der Waals surface area contributed by atoms with Crippen molar-refractivity contribution < 1.29 is 22.7 Å². The van der Waals surface area contributed by atoms with E-state index in [0.717, 1.165) is 16.1 Å². The first kappa shape index (κ1) is 21.6. The van der Waals surface area contributed by atoms with E-state index in [-0.39, 0.29) is 5.69 Å². The van der Waals surface area contributed by atoms with Gasteiger partial charge in [0.25, 0.3) is 0 Å². The summed E-state index contributed by atoms with van der Waals surface area (Å²) in [6, 6.07) is 12.2. The molecule has 7 nitrogen and oxygen atoms in total. The summed E-state index contributed by atoms with van der Waals surface area (Å²) in [5.74, 6) is 0.688. The van der Waals surface area contributed by atoms with Gasteiger partial charge in [0.1, 0.15) is 18.0 Å². The zero-order valence-corrected chi connectivity index (χ0v) is 17.5. The van der Waals surface area contributed by atoms with Gasteiger partial charge in [0.2, 0.25) is 15.9 Å². The molecule has 0 atom stereocenters. The molecule has 1 N–H and O–H groups in total. The molecule has 0 aromatic heterocycles. The monoisotopic (exact) mass is 406 g/mol. The van der Waals surface area contributed by atoms with Crippen molar-refractivity contribution in [1.82, 2.24) is 0 Å². The van der Waals surface area contributed by atoms with Crippen molar-refractivity contribution in [1.29, 1.82) is 0 Å². The maximum Gasteiger partial charge on any atom is 0.245 e. The maximum atomic E-state index is 12.5. The number of methoxy groups -OCH3 is 2. The van der Waals surface area contributed by atoms with Crippen molar-refractivity contribution in [2.45, 2.75) is 19.8 Å². The second kappa shape index (κ2) is 8.97. The van der Waals surface area contributed by atoms with Crippen molar-refractivity contribution in [2.75, 3.05) is 36.6 Å². The standard InChI is InChI=1S/C20H26N2O5S/c1-14(2)15-6-8-16(9-7-15)21-20(23)13-22(28(5,24)25)18-12-17(26-3)10-11-19(18)27-4/h6-12,14H,13H2,1-5H3,(H,21,23). The Morgan fingerprint density at radius 2 is 1.71 bits per heavy atom. The van der Waals surface area contributed by atoms with E-state index in [1.54, 1.807) is 24.3 Å². The molecule has 0 fully saturated rings. The highest BCUT2D eigenvalue weighted by atomic mass is 32.2. The van der Waals surface area contributed by atoms with Crippen LogP contribution in [-0.2, 0) is 14.8 Å². The second-order valence-corrected chi connectivity index (χ2v) is 8.54. The molecule has 0 aliphatic rings. The Morgan fingerprint density at radius 3 is 2.21 bits per heavy atom.